The molecular weight excluding hydrogens is 256 g/mol. The number of fused-ring (bicyclic) bond motifs is 1. The van der Waals surface area contributed by atoms with Crippen molar-refractivity contribution in [2.75, 3.05) is 6.61 Å². The second-order valence-corrected chi connectivity index (χ2v) is 6.52. The van der Waals surface area contributed by atoms with Crippen molar-refractivity contribution in [2.45, 2.75) is 32.3 Å². The van der Waals surface area contributed by atoms with Crippen molar-refractivity contribution in [3.8, 4) is 5.75 Å². The minimum Gasteiger partial charge on any atom is -0.493 e. The Morgan fingerprint density at radius 1 is 1.26 bits per heavy atom. The van der Waals surface area contributed by atoms with E-state index < -0.39 is 5.60 Å². The average Bonchev–Trinajstić information content (AvgIpc) is 2.85. The van der Waals surface area contributed by atoms with Gasteiger partial charge in [0.15, 0.2) is 0 Å². The second kappa shape index (κ2) is 4.66. The Morgan fingerprint density at radius 3 is 2.84 bits per heavy atom. The van der Waals surface area contributed by atoms with Crippen molar-refractivity contribution in [1.82, 2.24) is 0 Å². The molecule has 0 saturated heterocycles. The van der Waals surface area contributed by atoms with Crippen LogP contribution in [0, 0.1) is 6.92 Å². The SMILES string of the molecule is Cc1ccc(C(C)(O)c2cccc3c2OCCC3)s1. The topological polar surface area (TPSA) is 29.5 Å². The summed E-state index contributed by atoms with van der Waals surface area (Å²) >= 11 is 1.63. The molecule has 2 aromatic rings. The Kier molecular flexibility index (Phi) is 3.11. The quantitative estimate of drug-likeness (QED) is 0.906. The molecule has 2 heterocycles. The Morgan fingerprint density at radius 2 is 2.11 bits per heavy atom. The predicted octanol–water partition coefficient (Wildman–Crippen LogP) is 3.64. The van der Waals surface area contributed by atoms with Crippen molar-refractivity contribution in [3.05, 3.63) is 51.2 Å². The van der Waals surface area contributed by atoms with Gasteiger partial charge in [0, 0.05) is 15.3 Å². The van der Waals surface area contributed by atoms with Crippen LogP contribution in [0.1, 0.15) is 34.2 Å². The third-order valence-electron chi connectivity index (χ3n) is 3.68. The van der Waals surface area contributed by atoms with Gasteiger partial charge in [-0.1, -0.05) is 18.2 Å². The van der Waals surface area contributed by atoms with Crippen LogP contribution < -0.4 is 4.74 Å². The molecule has 0 aliphatic carbocycles. The molecule has 2 nitrogen and oxygen atoms in total. The van der Waals surface area contributed by atoms with Gasteiger partial charge in [0.1, 0.15) is 11.4 Å². The molecule has 0 amide bonds. The summed E-state index contributed by atoms with van der Waals surface area (Å²) in [6.07, 6.45) is 2.08. The van der Waals surface area contributed by atoms with Gasteiger partial charge in [-0.2, -0.15) is 0 Å². The van der Waals surface area contributed by atoms with Crippen LogP contribution in [0.4, 0.5) is 0 Å². The number of hydrogen-bond acceptors (Lipinski definition) is 3. The zero-order chi connectivity index (χ0) is 13.5. The molecule has 0 radical (unpaired) electrons. The highest BCUT2D eigenvalue weighted by Gasteiger charge is 2.32. The summed E-state index contributed by atoms with van der Waals surface area (Å²) in [4.78, 5) is 2.17. The largest absolute Gasteiger partial charge is 0.493 e. The van der Waals surface area contributed by atoms with Crippen molar-refractivity contribution < 1.29 is 9.84 Å². The zero-order valence-electron chi connectivity index (χ0n) is 11.3. The van der Waals surface area contributed by atoms with Gasteiger partial charge in [-0.05, 0) is 44.4 Å². The van der Waals surface area contributed by atoms with Gasteiger partial charge in [0.2, 0.25) is 0 Å². The van der Waals surface area contributed by atoms with E-state index in [-0.39, 0.29) is 0 Å². The number of benzene rings is 1. The van der Waals surface area contributed by atoms with E-state index in [1.807, 2.05) is 31.2 Å². The fourth-order valence-corrected chi connectivity index (χ4v) is 3.53. The van der Waals surface area contributed by atoms with Gasteiger partial charge in [-0.25, -0.2) is 0 Å². The summed E-state index contributed by atoms with van der Waals surface area (Å²) in [6.45, 7) is 4.65. The van der Waals surface area contributed by atoms with E-state index in [0.29, 0.717) is 0 Å². The van der Waals surface area contributed by atoms with Gasteiger partial charge >= 0.3 is 0 Å². The first-order valence-corrected chi connectivity index (χ1v) is 7.45. The van der Waals surface area contributed by atoms with Crippen LogP contribution in [-0.4, -0.2) is 11.7 Å². The lowest BCUT2D eigenvalue weighted by molar-refractivity contribution is 0.101. The molecule has 0 saturated carbocycles. The second-order valence-electron chi connectivity index (χ2n) is 5.23. The fraction of sp³-hybridized carbons (Fsp3) is 0.375. The summed E-state index contributed by atoms with van der Waals surface area (Å²) in [6, 6.07) is 10.1. The summed E-state index contributed by atoms with van der Waals surface area (Å²) in [7, 11) is 0. The molecule has 1 unspecified atom stereocenters. The number of thiophene rings is 1. The predicted molar refractivity (Wildman–Crippen MR) is 78.0 cm³/mol. The highest BCUT2D eigenvalue weighted by atomic mass is 32.1. The lowest BCUT2D eigenvalue weighted by Crippen LogP contribution is -2.24. The number of hydrogen-bond donors (Lipinski definition) is 1. The van der Waals surface area contributed by atoms with E-state index in [9.17, 15) is 5.11 Å². The molecule has 19 heavy (non-hydrogen) atoms. The summed E-state index contributed by atoms with van der Waals surface area (Å²) in [5.74, 6) is 0.879. The first-order valence-electron chi connectivity index (χ1n) is 6.63. The molecule has 0 bridgehead atoms. The van der Waals surface area contributed by atoms with Crippen LogP contribution in [0.25, 0.3) is 0 Å². The van der Waals surface area contributed by atoms with E-state index in [0.717, 1.165) is 35.6 Å². The Bertz CT molecular complexity index is 599. The molecule has 1 aromatic heterocycles. The third-order valence-corrected chi connectivity index (χ3v) is 4.89. The Balaban J connectivity index is 2.11. The lowest BCUT2D eigenvalue weighted by atomic mass is 9.90. The van der Waals surface area contributed by atoms with E-state index in [2.05, 4.69) is 13.0 Å². The van der Waals surface area contributed by atoms with Gasteiger partial charge in [-0.3, -0.25) is 0 Å². The first kappa shape index (κ1) is 12.7. The minimum atomic E-state index is -0.985. The first-order chi connectivity index (χ1) is 9.09. The van der Waals surface area contributed by atoms with Crippen molar-refractivity contribution >= 4 is 11.3 Å². The maximum atomic E-state index is 11.0. The van der Waals surface area contributed by atoms with Gasteiger partial charge < -0.3 is 9.84 Å². The van der Waals surface area contributed by atoms with Crippen molar-refractivity contribution in [2.24, 2.45) is 0 Å². The molecule has 1 aliphatic heterocycles. The molecule has 3 heteroatoms. The maximum Gasteiger partial charge on any atom is 0.128 e. The maximum absolute atomic E-state index is 11.0. The number of para-hydroxylation sites is 1. The normalized spacial score (nSPS) is 17.4. The summed E-state index contributed by atoms with van der Waals surface area (Å²) < 4.78 is 5.81. The molecule has 1 N–H and O–H groups in total. The molecule has 1 aliphatic rings. The monoisotopic (exact) mass is 274 g/mol. The van der Waals surface area contributed by atoms with Crippen molar-refractivity contribution in [3.63, 3.8) is 0 Å². The van der Waals surface area contributed by atoms with Crippen molar-refractivity contribution in [1.29, 1.82) is 0 Å². The molecule has 1 aromatic carbocycles. The van der Waals surface area contributed by atoms with Crippen LogP contribution in [-0.2, 0) is 12.0 Å². The number of aryl methyl sites for hydroxylation is 2. The lowest BCUT2D eigenvalue weighted by Gasteiger charge is -2.28. The molecule has 1 atom stereocenters. The Labute approximate surface area is 117 Å². The van der Waals surface area contributed by atoms with Gasteiger partial charge in [-0.15, -0.1) is 11.3 Å². The van der Waals surface area contributed by atoms with Crippen LogP contribution in [0.3, 0.4) is 0 Å². The van der Waals surface area contributed by atoms with Crippen LogP contribution in [0.2, 0.25) is 0 Å². The number of ether oxygens (including phenoxy) is 1. The van der Waals surface area contributed by atoms with E-state index in [4.69, 9.17) is 4.74 Å². The van der Waals surface area contributed by atoms with Crippen LogP contribution in [0.15, 0.2) is 30.3 Å². The summed E-state index contributed by atoms with van der Waals surface area (Å²) in [5, 5.41) is 11.0. The molecule has 3 rings (SSSR count). The minimum absolute atomic E-state index is 0.740. The number of rotatable bonds is 2. The van der Waals surface area contributed by atoms with E-state index in [1.165, 1.54) is 10.4 Å². The number of aliphatic hydroxyl groups is 1. The van der Waals surface area contributed by atoms with E-state index in [1.54, 1.807) is 11.3 Å². The molecule has 0 fully saturated rings. The Hall–Kier alpha value is -1.32. The average molecular weight is 274 g/mol. The van der Waals surface area contributed by atoms with Crippen LogP contribution >= 0.6 is 11.3 Å². The smallest absolute Gasteiger partial charge is 0.128 e. The standard InChI is InChI=1S/C16H18O2S/c1-11-8-9-14(19-11)16(2,17)13-7-3-5-12-6-4-10-18-15(12)13/h3,5,7-9,17H,4,6,10H2,1-2H3. The van der Waals surface area contributed by atoms with Crippen LogP contribution in [0.5, 0.6) is 5.75 Å². The zero-order valence-corrected chi connectivity index (χ0v) is 12.1. The highest BCUT2D eigenvalue weighted by Crippen LogP contribution is 2.41. The van der Waals surface area contributed by atoms with E-state index >= 15 is 0 Å². The summed E-state index contributed by atoms with van der Waals surface area (Å²) in [5.41, 5.74) is 1.10. The fourth-order valence-electron chi connectivity index (χ4n) is 2.60. The van der Waals surface area contributed by atoms with Gasteiger partial charge in [0.25, 0.3) is 0 Å². The van der Waals surface area contributed by atoms with Gasteiger partial charge in [0.05, 0.1) is 6.61 Å². The third kappa shape index (κ3) is 2.17. The molecule has 100 valence electrons. The highest BCUT2D eigenvalue weighted by molar-refractivity contribution is 7.12. The molecular formula is C16H18O2S. The molecule has 0 spiro atoms.